The number of thiophene rings is 1. The molecule has 1 atom stereocenters. The summed E-state index contributed by atoms with van der Waals surface area (Å²) < 4.78 is 0.902. The van der Waals surface area contributed by atoms with Crippen molar-refractivity contribution in [3.05, 3.63) is 20.8 Å². The van der Waals surface area contributed by atoms with E-state index in [0.29, 0.717) is 12.8 Å². The second-order valence-electron chi connectivity index (χ2n) is 4.24. The van der Waals surface area contributed by atoms with Crippen LogP contribution in [0.5, 0.6) is 0 Å². The van der Waals surface area contributed by atoms with Crippen molar-refractivity contribution in [1.82, 2.24) is 0 Å². The van der Waals surface area contributed by atoms with Gasteiger partial charge in [0.25, 0.3) is 0 Å². The zero-order valence-corrected chi connectivity index (χ0v) is 10.9. The van der Waals surface area contributed by atoms with Gasteiger partial charge in [-0.2, -0.15) is 11.3 Å². The van der Waals surface area contributed by atoms with Gasteiger partial charge in [-0.05, 0) is 34.2 Å². The van der Waals surface area contributed by atoms with Crippen LogP contribution in [0.1, 0.15) is 43.8 Å². The van der Waals surface area contributed by atoms with Gasteiger partial charge in [-0.3, -0.25) is 0 Å². The summed E-state index contributed by atoms with van der Waals surface area (Å²) in [7, 11) is 0. The molecule has 1 fully saturated rings. The van der Waals surface area contributed by atoms with Crippen molar-refractivity contribution in [2.45, 2.75) is 43.8 Å². The minimum atomic E-state index is -0.915. The molecule has 4 heteroatoms. The molecule has 0 aromatic carbocycles. The molecule has 2 N–H and O–H groups in total. The predicted octanol–water partition coefficient (Wildman–Crippen LogP) is 3.24. The highest BCUT2D eigenvalue weighted by molar-refractivity contribution is 9.10. The van der Waals surface area contributed by atoms with E-state index in [1.807, 2.05) is 10.8 Å². The number of aliphatic hydroxyl groups excluding tert-OH is 1. The van der Waals surface area contributed by atoms with Crippen molar-refractivity contribution < 1.29 is 10.2 Å². The van der Waals surface area contributed by atoms with Crippen LogP contribution in [0.15, 0.2) is 15.2 Å². The highest BCUT2D eigenvalue weighted by Gasteiger charge is 2.38. The first-order valence-electron chi connectivity index (χ1n) is 5.25. The first kappa shape index (κ1) is 11.6. The fraction of sp³-hybridized carbons (Fsp3) is 0.636. The molecule has 1 aromatic heterocycles. The zero-order chi connectivity index (χ0) is 10.9. The van der Waals surface area contributed by atoms with Crippen molar-refractivity contribution in [3.63, 3.8) is 0 Å². The SMILES string of the molecule is OC(c1cscc1Br)C1(O)CCCCC1. The van der Waals surface area contributed by atoms with Crippen molar-refractivity contribution in [1.29, 1.82) is 0 Å². The van der Waals surface area contributed by atoms with Gasteiger partial charge >= 0.3 is 0 Å². The lowest BCUT2D eigenvalue weighted by Gasteiger charge is -2.36. The third kappa shape index (κ3) is 2.28. The normalized spacial score (nSPS) is 22.6. The molecule has 84 valence electrons. The van der Waals surface area contributed by atoms with Gasteiger partial charge in [-0.15, -0.1) is 0 Å². The summed E-state index contributed by atoms with van der Waals surface area (Å²) in [6.07, 6.45) is 3.84. The Labute approximate surface area is 102 Å². The summed E-state index contributed by atoms with van der Waals surface area (Å²) >= 11 is 4.94. The molecule has 1 heterocycles. The molecular weight excluding hydrogens is 276 g/mol. The van der Waals surface area contributed by atoms with Crippen LogP contribution in [-0.2, 0) is 0 Å². The Kier molecular flexibility index (Phi) is 3.50. The van der Waals surface area contributed by atoms with E-state index in [9.17, 15) is 10.2 Å². The van der Waals surface area contributed by atoms with Gasteiger partial charge in [0.15, 0.2) is 0 Å². The highest BCUT2D eigenvalue weighted by atomic mass is 79.9. The molecule has 0 radical (unpaired) electrons. The summed E-state index contributed by atoms with van der Waals surface area (Å²) in [6.45, 7) is 0. The van der Waals surface area contributed by atoms with Crippen LogP contribution in [0, 0.1) is 0 Å². The summed E-state index contributed by atoms with van der Waals surface area (Å²) in [5.74, 6) is 0. The first-order chi connectivity index (χ1) is 7.13. The number of hydrogen-bond acceptors (Lipinski definition) is 3. The second kappa shape index (κ2) is 4.53. The maximum absolute atomic E-state index is 10.4. The Morgan fingerprint density at radius 3 is 2.47 bits per heavy atom. The molecule has 1 saturated carbocycles. The standard InChI is InChI=1S/C11H15BrO2S/c12-9-7-15-6-8(9)10(13)11(14)4-2-1-3-5-11/h6-7,10,13-14H,1-5H2. The van der Waals surface area contributed by atoms with Crippen molar-refractivity contribution in [2.75, 3.05) is 0 Å². The fourth-order valence-corrected chi connectivity index (χ4v) is 3.75. The van der Waals surface area contributed by atoms with Crippen LogP contribution in [0.3, 0.4) is 0 Å². The summed E-state index contributed by atoms with van der Waals surface area (Å²) in [6, 6.07) is 0. The van der Waals surface area contributed by atoms with Crippen molar-refractivity contribution in [3.8, 4) is 0 Å². The van der Waals surface area contributed by atoms with E-state index in [1.54, 1.807) is 0 Å². The molecule has 1 aliphatic carbocycles. The fourth-order valence-electron chi connectivity index (χ4n) is 2.21. The second-order valence-corrected chi connectivity index (χ2v) is 5.84. The lowest BCUT2D eigenvalue weighted by Crippen LogP contribution is -2.38. The Balaban J connectivity index is 2.19. The van der Waals surface area contributed by atoms with Crippen LogP contribution in [0.2, 0.25) is 0 Å². The van der Waals surface area contributed by atoms with E-state index in [1.165, 1.54) is 17.8 Å². The van der Waals surface area contributed by atoms with Gasteiger partial charge in [-0.1, -0.05) is 19.3 Å². The number of aliphatic hydroxyl groups is 2. The molecule has 0 amide bonds. The maximum atomic E-state index is 10.4. The molecule has 15 heavy (non-hydrogen) atoms. The molecule has 2 nitrogen and oxygen atoms in total. The Bertz CT molecular complexity index is 331. The van der Waals surface area contributed by atoms with E-state index >= 15 is 0 Å². The van der Waals surface area contributed by atoms with Crippen LogP contribution < -0.4 is 0 Å². The molecular formula is C11H15BrO2S. The largest absolute Gasteiger partial charge is 0.387 e. The van der Waals surface area contributed by atoms with Gasteiger partial charge in [-0.25, -0.2) is 0 Å². The van der Waals surface area contributed by atoms with Crippen LogP contribution in [0.4, 0.5) is 0 Å². The molecule has 1 aromatic rings. The molecule has 1 unspecified atom stereocenters. The van der Waals surface area contributed by atoms with Crippen LogP contribution in [0.25, 0.3) is 0 Å². The van der Waals surface area contributed by atoms with Gasteiger partial charge in [0.05, 0.1) is 5.60 Å². The molecule has 0 spiro atoms. The average molecular weight is 291 g/mol. The maximum Gasteiger partial charge on any atom is 0.110 e. The molecule has 1 aliphatic rings. The van der Waals surface area contributed by atoms with Crippen molar-refractivity contribution in [2.24, 2.45) is 0 Å². The minimum Gasteiger partial charge on any atom is -0.387 e. The molecule has 2 rings (SSSR count). The zero-order valence-electron chi connectivity index (χ0n) is 8.45. The third-order valence-corrected chi connectivity index (χ3v) is 4.92. The molecule has 0 aliphatic heterocycles. The Hall–Kier alpha value is 0.1000. The smallest absolute Gasteiger partial charge is 0.110 e. The van der Waals surface area contributed by atoms with Crippen LogP contribution in [-0.4, -0.2) is 15.8 Å². The van der Waals surface area contributed by atoms with E-state index in [2.05, 4.69) is 15.9 Å². The minimum absolute atomic E-state index is 0.705. The summed E-state index contributed by atoms with van der Waals surface area (Å²) in [4.78, 5) is 0. The topological polar surface area (TPSA) is 40.5 Å². The quantitative estimate of drug-likeness (QED) is 0.878. The van der Waals surface area contributed by atoms with E-state index in [0.717, 1.165) is 22.9 Å². The number of rotatable bonds is 2. The van der Waals surface area contributed by atoms with E-state index in [4.69, 9.17) is 0 Å². The average Bonchev–Trinajstić information content (AvgIpc) is 2.64. The molecule has 0 bridgehead atoms. The van der Waals surface area contributed by atoms with Crippen LogP contribution >= 0.6 is 27.3 Å². The summed E-state index contributed by atoms with van der Waals surface area (Å²) in [5.41, 5.74) is -0.0913. The monoisotopic (exact) mass is 290 g/mol. The van der Waals surface area contributed by atoms with Crippen molar-refractivity contribution >= 4 is 27.3 Å². The summed E-state index contributed by atoms with van der Waals surface area (Å²) in [5, 5.41) is 24.4. The van der Waals surface area contributed by atoms with E-state index in [-0.39, 0.29) is 0 Å². The first-order valence-corrected chi connectivity index (χ1v) is 6.99. The van der Waals surface area contributed by atoms with E-state index < -0.39 is 11.7 Å². The Morgan fingerprint density at radius 1 is 1.27 bits per heavy atom. The third-order valence-electron chi connectivity index (χ3n) is 3.17. The van der Waals surface area contributed by atoms with Gasteiger partial charge in [0, 0.05) is 15.4 Å². The lowest BCUT2D eigenvalue weighted by molar-refractivity contribution is -0.0992. The lowest BCUT2D eigenvalue weighted by atomic mass is 9.79. The predicted molar refractivity (Wildman–Crippen MR) is 65.0 cm³/mol. The van der Waals surface area contributed by atoms with Gasteiger partial charge in [0.1, 0.15) is 6.10 Å². The molecule has 0 saturated heterocycles. The number of hydrogen-bond donors (Lipinski definition) is 2. The number of halogens is 1. The Morgan fingerprint density at radius 2 is 1.93 bits per heavy atom. The van der Waals surface area contributed by atoms with Gasteiger partial charge < -0.3 is 10.2 Å². The highest BCUT2D eigenvalue weighted by Crippen LogP contribution is 2.41. The van der Waals surface area contributed by atoms with Gasteiger partial charge in [0.2, 0.25) is 0 Å².